The van der Waals surface area contributed by atoms with E-state index >= 15 is 0 Å². The molecule has 0 unspecified atom stereocenters. The predicted molar refractivity (Wildman–Crippen MR) is 82.7 cm³/mol. The molecule has 0 spiro atoms. The van der Waals surface area contributed by atoms with E-state index < -0.39 is 0 Å². The Morgan fingerprint density at radius 3 is 2.80 bits per heavy atom. The van der Waals surface area contributed by atoms with Gasteiger partial charge in [0.25, 0.3) is 0 Å². The molecule has 2 aromatic rings. The standard InChI is InChI=1S/C15H13BrN2O2/c1-18(12-5-3-2-4-6-12)17-9-11-7-13(16)15-14(8-11)19-10-20-15/h2-9H,10H2,1H3/b17-9-. The number of halogens is 1. The molecule has 0 fully saturated rings. The molecule has 1 aliphatic heterocycles. The number of hydrogen-bond acceptors (Lipinski definition) is 4. The number of fused-ring (bicyclic) bond motifs is 1. The van der Waals surface area contributed by atoms with Crippen molar-refractivity contribution in [3.8, 4) is 11.5 Å². The summed E-state index contributed by atoms with van der Waals surface area (Å²) in [4.78, 5) is 0. The monoisotopic (exact) mass is 332 g/mol. The van der Waals surface area contributed by atoms with Gasteiger partial charge in [0.15, 0.2) is 11.5 Å². The van der Waals surface area contributed by atoms with Gasteiger partial charge in [0, 0.05) is 7.05 Å². The first kappa shape index (κ1) is 13.0. The number of nitrogens with zero attached hydrogens (tertiary/aromatic N) is 2. The van der Waals surface area contributed by atoms with Crippen molar-refractivity contribution in [2.45, 2.75) is 0 Å². The number of hydrazone groups is 1. The average molecular weight is 333 g/mol. The second-order valence-electron chi connectivity index (χ2n) is 4.34. The summed E-state index contributed by atoms with van der Waals surface area (Å²) in [5.41, 5.74) is 1.98. The fraction of sp³-hybridized carbons (Fsp3) is 0.133. The summed E-state index contributed by atoms with van der Waals surface area (Å²) >= 11 is 3.47. The van der Waals surface area contributed by atoms with Crippen molar-refractivity contribution in [3.05, 3.63) is 52.5 Å². The van der Waals surface area contributed by atoms with Crippen LogP contribution in [0.5, 0.6) is 11.5 Å². The second kappa shape index (κ2) is 5.54. The first-order valence-electron chi connectivity index (χ1n) is 6.16. The Hall–Kier alpha value is -2.01. The van der Waals surface area contributed by atoms with Crippen molar-refractivity contribution in [2.24, 2.45) is 5.10 Å². The highest BCUT2D eigenvalue weighted by molar-refractivity contribution is 9.10. The zero-order valence-electron chi connectivity index (χ0n) is 10.9. The lowest BCUT2D eigenvalue weighted by atomic mass is 10.2. The topological polar surface area (TPSA) is 34.1 Å². The third-order valence-corrected chi connectivity index (χ3v) is 3.55. The van der Waals surface area contributed by atoms with Crippen molar-refractivity contribution >= 4 is 27.8 Å². The van der Waals surface area contributed by atoms with E-state index in [1.807, 2.05) is 54.5 Å². The Morgan fingerprint density at radius 2 is 2.00 bits per heavy atom. The van der Waals surface area contributed by atoms with Crippen LogP contribution in [0.2, 0.25) is 0 Å². The van der Waals surface area contributed by atoms with Gasteiger partial charge in [0.2, 0.25) is 6.79 Å². The summed E-state index contributed by atoms with van der Waals surface area (Å²) in [5, 5.41) is 6.24. The summed E-state index contributed by atoms with van der Waals surface area (Å²) < 4.78 is 11.6. The molecular formula is C15H13BrN2O2. The van der Waals surface area contributed by atoms with Crippen LogP contribution >= 0.6 is 15.9 Å². The molecule has 0 amide bonds. The predicted octanol–water partition coefficient (Wildman–Crippen LogP) is 3.65. The van der Waals surface area contributed by atoms with Gasteiger partial charge in [-0.15, -0.1) is 0 Å². The van der Waals surface area contributed by atoms with Crippen LogP contribution in [0.15, 0.2) is 52.0 Å². The molecule has 0 aromatic heterocycles. The van der Waals surface area contributed by atoms with Gasteiger partial charge in [-0.1, -0.05) is 18.2 Å². The minimum atomic E-state index is 0.262. The lowest BCUT2D eigenvalue weighted by Crippen LogP contribution is -2.08. The van der Waals surface area contributed by atoms with Crippen LogP contribution in [0.4, 0.5) is 5.69 Å². The van der Waals surface area contributed by atoms with Gasteiger partial charge in [-0.25, -0.2) is 0 Å². The molecule has 0 saturated heterocycles. The van der Waals surface area contributed by atoms with Crippen molar-refractivity contribution < 1.29 is 9.47 Å². The fourth-order valence-corrected chi connectivity index (χ4v) is 2.50. The van der Waals surface area contributed by atoms with Crippen LogP contribution in [0.3, 0.4) is 0 Å². The maximum Gasteiger partial charge on any atom is 0.231 e. The Morgan fingerprint density at radius 1 is 1.20 bits per heavy atom. The quantitative estimate of drug-likeness (QED) is 0.635. The summed E-state index contributed by atoms with van der Waals surface area (Å²) in [6.07, 6.45) is 1.79. The number of benzene rings is 2. The minimum absolute atomic E-state index is 0.262. The molecule has 5 heteroatoms. The van der Waals surface area contributed by atoms with E-state index in [1.165, 1.54) is 0 Å². The van der Waals surface area contributed by atoms with Gasteiger partial charge in [-0.3, -0.25) is 5.01 Å². The van der Waals surface area contributed by atoms with E-state index in [-0.39, 0.29) is 6.79 Å². The van der Waals surface area contributed by atoms with E-state index in [1.54, 1.807) is 6.21 Å². The van der Waals surface area contributed by atoms with Gasteiger partial charge in [-0.05, 0) is 45.8 Å². The van der Waals surface area contributed by atoms with E-state index in [0.29, 0.717) is 0 Å². The molecule has 0 aliphatic carbocycles. The normalized spacial score (nSPS) is 12.9. The first-order chi connectivity index (χ1) is 9.74. The third kappa shape index (κ3) is 2.63. The molecular weight excluding hydrogens is 320 g/mol. The Kier molecular flexibility index (Phi) is 3.60. The van der Waals surface area contributed by atoms with Gasteiger partial charge >= 0.3 is 0 Å². The van der Waals surface area contributed by atoms with Crippen molar-refractivity contribution in [3.63, 3.8) is 0 Å². The van der Waals surface area contributed by atoms with Gasteiger partial charge in [-0.2, -0.15) is 5.10 Å². The highest BCUT2D eigenvalue weighted by Crippen LogP contribution is 2.39. The maximum atomic E-state index is 5.38. The third-order valence-electron chi connectivity index (χ3n) is 2.96. The second-order valence-corrected chi connectivity index (χ2v) is 5.19. The maximum absolute atomic E-state index is 5.38. The smallest absolute Gasteiger partial charge is 0.231 e. The summed E-state index contributed by atoms with van der Waals surface area (Å²) in [6, 6.07) is 13.8. The summed E-state index contributed by atoms with van der Waals surface area (Å²) in [6.45, 7) is 0.262. The minimum Gasteiger partial charge on any atom is -0.454 e. The molecule has 1 heterocycles. The van der Waals surface area contributed by atoms with E-state index in [0.717, 1.165) is 27.2 Å². The zero-order valence-corrected chi connectivity index (χ0v) is 12.5. The molecule has 20 heavy (non-hydrogen) atoms. The number of anilines is 1. The molecule has 1 aliphatic rings. The number of para-hydroxylation sites is 1. The Bertz CT molecular complexity index is 644. The van der Waals surface area contributed by atoms with Crippen molar-refractivity contribution in [1.29, 1.82) is 0 Å². The number of rotatable bonds is 3. The van der Waals surface area contributed by atoms with Crippen LogP contribution in [-0.4, -0.2) is 20.1 Å². The SMILES string of the molecule is CN(/N=C\c1cc(Br)c2c(c1)OCO2)c1ccccc1. The Labute approximate surface area is 125 Å². The van der Waals surface area contributed by atoms with Crippen molar-refractivity contribution in [1.82, 2.24) is 0 Å². The van der Waals surface area contributed by atoms with E-state index in [9.17, 15) is 0 Å². The van der Waals surface area contributed by atoms with Gasteiger partial charge in [0.05, 0.1) is 16.4 Å². The molecule has 0 atom stereocenters. The highest BCUT2D eigenvalue weighted by atomic mass is 79.9. The van der Waals surface area contributed by atoms with Gasteiger partial charge < -0.3 is 9.47 Å². The van der Waals surface area contributed by atoms with Crippen LogP contribution in [0.25, 0.3) is 0 Å². The van der Waals surface area contributed by atoms with Gasteiger partial charge in [0.1, 0.15) is 0 Å². The average Bonchev–Trinajstić information content (AvgIpc) is 2.94. The lowest BCUT2D eigenvalue weighted by molar-refractivity contribution is 0.173. The summed E-state index contributed by atoms with van der Waals surface area (Å²) in [7, 11) is 1.91. The largest absolute Gasteiger partial charge is 0.454 e. The van der Waals surface area contributed by atoms with E-state index in [2.05, 4.69) is 21.0 Å². The molecule has 2 aromatic carbocycles. The van der Waals surface area contributed by atoms with Crippen LogP contribution < -0.4 is 14.5 Å². The number of hydrogen-bond donors (Lipinski definition) is 0. The molecule has 0 bridgehead atoms. The zero-order chi connectivity index (χ0) is 13.9. The molecule has 4 nitrogen and oxygen atoms in total. The molecule has 0 saturated carbocycles. The summed E-state index contributed by atoms with van der Waals surface area (Å²) in [5.74, 6) is 1.49. The lowest BCUT2D eigenvalue weighted by Gasteiger charge is -2.12. The van der Waals surface area contributed by atoms with E-state index in [4.69, 9.17) is 9.47 Å². The Balaban J connectivity index is 1.81. The molecule has 0 N–H and O–H groups in total. The van der Waals surface area contributed by atoms with Crippen LogP contribution in [0.1, 0.15) is 5.56 Å². The first-order valence-corrected chi connectivity index (χ1v) is 6.95. The van der Waals surface area contributed by atoms with Crippen molar-refractivity contribution in [2.75, 3.05) is 18.8 Å². The molecule has 102 valence electrons. The molecule has 3 rings (SSSR count). The highest BCUT2D eigenvalue weighted by Gasteiger charge is 2.17. The fourth-order valence-electron chi connectivity index (χ4n) is 1.93. The van der Waals surface area contributed by atoms with Crippen LogP contribution in [-0.2, 0) is 0 Å². The molecule has 0 radical (unpaired) electrons. The van der Waals surface area contributed by atoms with Crippen LogP contribution in [0, 0.1) is 0 Å². The number of ether oxygens (including phenoxy) is 2.